The fraction of sp³-hybridized carbons (Fsp3) is 0.688. The molecule has 0 radical (unpaired) electrons. The lowest BCUT2D eigenvalue weighted by Gasteiger charge is -2.32. The Bertz CT molecular complexity index is 565. The molecule has 1 aliphatic rings. The number of nitrogens with zero attached hydrogens (tertiary/aromatic N) is 3. The summed E-state index contributed by atoms with van der Waals surface area (Å²) in [6.07, 6.45) is 3.21. The highest BCUT2D eigenvalue weighted by Gasteiger charge is 2.25. The first-order chi connectivity index (χ1) is 10.4. The lowest BCUT2D eigenvalue weighted by Crippen LogP contribution is -2.41. The Labute approximate surface area is 131 Å². The van der Waals surface area contributed by atoms with Gasteiger partial charge < -0.3 is 10.0 Å². The van der Waals surface area contributed by atoms with Gasteiger partial charge in [0.25, 0.3) is 0 Å². The number of carbonyl (C=O) groups excluding carboxylic acids is 1. The van der Waals surface area contributed by atoms with Gasteiger partial charge in [-0.05, 0) is 39.0 Å². The fourth-order valence-corrected chi connectivity index (χ4v) is 3.19. The van der Waals surface area contributed by atoms with Crippen LogP contribution in [0.2, 0.25) is 0 Å². The summed E-state index contributed by atoms with van der Waals surface area (Å²) in [6, 6.07) is 0. The van der Waals surface area contributed by atoms with E-state index in [0.717, 1.165) is 36.3 Å². The largest absolute Gasteiger partial charge is 0.481 e. The molecule has 0 bridgehead atoms. The number of carbonyl (C=O) groups is 2. The standard InChI is InChI=1S/C16H25N3O3/c1-11-14(12(2)18(3)17-11)9-15(20)19-8-4-5-13(10-19)6-7-16(21)22/h13H,4-10H2,1-3H3,(H,21,22). The van der Waals surface area contributed by atoms with Crippen molar-refractivity contribution in [2.75, 3.05) is 13.1 Å². The third kappa shape index (κ3) is 3.87. The van der Waals surface area contributed by atoms with Gasteiger partial charge in [-0.3, -0.25) is 14.3 Å². The molecule has 0 spiro atoms. The monoisotopic (exact) mass is 307 g/mol. The molecule has 2 rings (SSSR count). The Kier molecular flexibility index (Phi) is 5.21. The van der Waals surface area contributed by atoms with Crippen molar-refractivity contribution >= 4 is 11.9 Å². The number of aromatic nitrogens is 2. The molecule has 6 heteroatoms. The molecule has 1 unspecified atom stereocenters. The van der Waals surface area contributed by atoms with E-state index in [1.54, 1.807) is 0 Å². The predicted octanol–water partition coefficient (Wildman–Crippen LogP) is 1.68. The van der Waals surface area contributed by atoms with Crippen molar-refractivity contribution in [2.45, 2.75) is 46.0 Å². The molecule has 1 N–H and O–H groups in total. The van der Waals surface area contributed by atoms with E-state index in [-0.39, 0.29) is 12.3 Å². The predicted molar refractivity (Wildman–Crippen MR) is 82.6 cm³/mol. The van der Waals surface area contributed by atoms with Crippen LogP contribution < -0.4 is 0 Å². The van der Waals surface area contributed by atoms with Gasteiger partial charge in [-0.25, -0.2) is 0 Å². The SMILES string of the molecule is Cc1nn(C)c(C)c1CC(=O)N1CCCC(CCC(=O)O)C1. The molecule has 1 fully saturated rings. The zero-order chi connectivity index (χ0) is 16.3. The van der Waals surface area contributed by atoms with Crippen molar-refractivity contribution in [3.63, 3.8) is 0 Å². The van der Waals surface area contributed by atoms with Gasteiger partial charge >= 0.3 is 5.97 Å². The minimum Gasteiger partial charge on any atom is -0.481 e. The average Bonchev–Trinajstić information content (AvgIpc) is 2.72. The summed E-state index contributed by atoms with van der Waals surface area (Å²) in [4.78, 5) is 25.1. The van der Waals surface area contributed by atoms with E-state index in [4.69, 9.17) is 5.11 Å². The molecule has 2 heterocycles. The highest BCUT2D eigenvalue weighted by Crippen LogP contribution is 2.22. The number of aliphatic carboxylic acids is 1. The molecule has 1 aromatic heterocycles. The van der Waals surface area contributed by atoms with E-state index in [9.17, 15) is 9.59 Å². The van der Waals surface area contributed by atoms with E-state index in [2.05, 4.69) is 5.10 Å². The Morgan fingerprint density at radius 2 is 2.09 bits per heavy atom. The zero-order valence-electron chi connectivity index (χ0n) is 13.6. The van der Waals surface area contributed by atoms with Gasteiger partial charge in [0.2, 0.25) is 5.91 Å². The van der Waals surface area contributed by atoms with Gasteiger partial charge in [-0.15, -0.1) is 0 Å². The number of rotatable bonds is 5. The van der Waals surface area contributed by atoms with Crippen molar-refractivity contribution in [2.24, 2.45) is 13.0 Å². The number of carboxylic acids is 1. The summed E-state index contributed by atoms with van der Waals surface area (Å²) in [7, 11) is 1.89. The number of piperidine rings is 1. The van der Waals surface area contributed by atoms with E-state index in [1.807, 2.05) is 30.5 Å². The van der Waals surface area contributed by atoms with Crippen molar-refractivity contribution in [1.29, 1.82) is 0 Å². The first kappa shape index (κ1) is 16.5. The highest BCUT2D eigenvalue weighted by atomic mass is 16.4. The van der Waals surface area contributed by atoms with Crippen LogP contribution in [-0.4, -0.2) is 44.8 Å². The van der Waals surface area contributed by atoms with E-state index >= 15 is 0 Å². The average molecular weight is 307 g/mol. The number of aryl methyl sites for hydroxylation is 2. The summed E-state index contributed by atoms with van der Waals surface area (Å²) >= 11 is 0. The van der Waals surface area contributed by atoms with Gasteiger partial charge in [-0.1, -0.05) is 0 Å². The lowest BCUT2D eigenvalue weighted by atomic mass is 9.93. The molecule has 0 saturated carbocycles. The number of carboxylic acid groups (broad SMARTS) is 1. The first-order valence-corrected chi connectivity index (χ1v) is 7.87. The van der Waals surface area contributed by atoms with Gasteiger partial charge in [0.05, 0.1) is 12.1 Å². The summed E-state index contributed by atoms with van der Waals surface area (Å²) in [5.41, 5.74) is 2.96. The van der Waals surface area contributed by atoms with E-state index in [1.165, 1.54) is 0 Å². The van der Waals surface area contributed by atoms with Crippen LogP contribution in [0.3, 0.4) is 0 Å². The van der Waals surface area contributed by atoms with Crippen LogP contribution in [-0.2, 0) is 23.1 Å². The minimum absolute atomic E-state index is 0.124. The molecular weight excluding hydrogens is 282 g/mol. The van der Waals surface area contributed by atoms with Crippen LogP contribution >= 0.6 is 0 Å². The van der Waals surface area contributed by atoms with Gasteiger partial charge in [-0.2, -0.15) is 5.10 Å². The quantitative estimate of drug-likeness (QED) is 0.898. The normalized spacial score (nSPS) is 18.5. The number of hydrogen-bond acceptors (Lipinski definition) is 3. The lowest BCUT2D eigenvalue weighted by molar-refractivity contribution is -0.137. The Balaban J connectivity index is 1.95. The minimum atomic E-state index is -0.759. The van der Waals surface area contributed by atoms with Crippen LogP contribution in [0, 0.1) is 19.8 Å². The second kappa shape index (κ2) is 6.94. The molecule has 122 valence electrons. The Morgan fingerprint density at radius 1 is 1.36 bits per heavy atom. The number of amides is 1. The third-order valence-electron chi connectivity index (χ3n) is 4.63. The molecule has 1 saturated heterocycles. The molecule has 22 heavy (non-hydrogen) atoms. The fourth-order valence-electron chi connectivity index (χ4n) is 3.19. The second-order valence-electron chi connectivity index (χ2n) is 6.23. The zero-order valence-corrected chi connectivity index (χ0v) is 13.6. The summed E-state index contributed by atoms with van der Waals surface area (Å²) in [6.45, 7) is 5.38. The van der Waals surface area contributed by atoms with Crippen molar-refractivity contribution in [3.8, 4) is 0 Å². The molecule has 1 aromatic rings. The van der Waals surface area contributed by atoms with Crippen LogP contribution in [0.1, 0.15) is 42.6 Å². The molecule has 1 aliphatic heterocycles. The topological polar surface area (TPSA) is 75.4 Å². The van der Waals surface area contributed by atoms with Crippen LogP contribution in [0.25, 0.3) is 0 Å². The van der Waals surface area contributed by atoms with Crippen LogP contribution in [0.4, 0.5) is 0 Å². The Morgan fingerprint density at radius 3 is 2.68 bits per heavy atom. The van der Waals surface area contributed by atoms with Gasteiger partial charge in [0, 0.05) is 37.8 Å². The number of likely N-dealkylation sites (tertiary alicyclic amines) is 1. The summed E-state index contributed by atoms with van der Waals surface area (Å²) < 4.78 is 1.81. The van der Waals surface area contributed by atoms with E-state index in [0.29, 0.717) is 25.3 Å². The molecule has 0 aromatic carbocycles. The smallest absolute Gasteiger partial charge is 0.303 e. The van der Waals surface area contributed by atoms with Crippen LogP contribution in [0.5, 0.6) is 0 Å². The molecule has 1 amide bonds. The van der Waals surface area contributed by atoms with Gasteiger partial charge in [0.1, 0.15) is 0 Å². The third-order valence-corrected chi connectivity index (χ3v) is 4.63. The van der Waals surface area contributed by atoms with Crippen LogP contribution in [0.15, 0.2) is 0 Å². The Hall–Kier alpha value is -1.85. The van der Waals surface area contributed by atoms with Crippen molar-refractivity contribution in [3.05, 3.63) is 17.0 Å². The maximum atomic E-state index is 12.5. The first-order valence-electron chi connectivity index (χ1n) is 7.87. The summed E-state index contributed by atoms with van der Waals surface area (Å²) in [5.74, 6) is -0.325. The maximum Gasteiger partial charge on any atom is 0.303 e. The molecule has 1 atom stereocenters. The van der Waals surface area contributed by atoms with E-state index < -0.39 is 5.97 Å². The van der Waals surface area contributed by atoms with Gasteiger partial charge in [0.15, 0.2) is 0 Å². The molecular formula is C16H25N3O3. The molecule has 0 aliphatic carbocycles. The maximum absolute atomic E-state index is 12.5. The van der Waals surface area contributed by atoms with Crippen molar-refractivity contribution in [1.82, 2.24) is 14.7 Å². The molecule has 6 nitrogen and oxygen atoms in total. The second-order valence-corrected chi connectivity index (χ2v) is 6.23. The highest BCUT2D eigenvalue weighted by molar-refractivity contribution is 5.79. The summed E-state index contributed by atoms with van der Waals surface area (Å²) in [5, 5.41) is 13.1. The number of hydrogen-bond donors (Lipinski definition) is 1. The van der Waals surface area contributed by atoms with Crippen molar-refractivity contribution < 1.29 is 14.7 Å².